The Morgan fingerprint density at radius 2 is 1.92 bits per heavy atom. The van der Waals surface area contributed by atoms with Gasteiger partial charge in [0, 0.05) is 16.1 Å². The molecular weight excluding hydrogens is 478 g/mol. The molecule has 4 rings (SSSR count). The summed E-state index contributed by atoms with van der Waals surface area (Å²) < 4.78 is 11.4. The number of ether oxygens (including phenoxy) is 2. The van der Waals surface area contributed by atoms with Gasteiger partial charge in [-0.05, 0) is 54.4 Å². The summed E-state index contributed by atoms with van der Waals surface area (Å²) in [6, 6.07) is 21.9. The molecule has 1 aromatic heterocycles. The number of nitrogens with one attached hydrogen (secondary N) is 2. The van der Waals surface area contributed by atoms with Crippen LogP contribution < -0.4 is 20.5 Å². The fourth-order valence-corrected chi connectivity index (χ4v) is 3.75. The molecule has 0 amide bonds. The molecule has 0 aliphatic heterocycles. The van der Waals surface area contributed by atoms with Gasteiger partial charge in [0.1, 0.15) is 29.7 Å². The lowest BCUT2D eigenvalue weighted by Gasteiger charge is -2.13. The molecule has 4 aromatic rings. The Morgan fingerprint density at radius 3 is 2.64 bits per heavy atom. The van der Waals surface area contributed by atoms with Gasteiger partial charge in [0.05, 0.1) is 19.0 Å². The van der Waals surface area contributed by atoms with Crippen LogP contribution in [0.5, 0.6) is 11.5 Å². The van der Waals surface area contributed by atoms with Crippen LogP contribution in [-0.4, -0.2) is 23.3 Å². The summed E-state index contributed by atoms with van der Waals surface area (Å²) in [6.45, 7) is 2.21. The Bertz CT molecular complexity index is 1510. The second kappa shape index (κ2) is 11.2. The SMILES string of the molecule is COc1ccc(C=NNc2nc(-c3ccccc3)c(C#N)c(=O)[nH]2)cc1COc1ccc(Cl)cc1C. The van der Waals surface area contributed by atoms with Crippen LogP contribution in [0.15, 0.2) is 76.6 Å². The van der Waals surface area contributed by atoms with Gasteiger partial charge in [-0.15, -0.1) is 0 Å². The highest BCUT2D eigenvalue weighted by Crippen LogP contribution is 2.26. The summed E-state index contributed by atoms with van der Waals surface area (Å²) in [4.78, 5) is 19.3. The van der Waals surface area contributed by atoms with E-state index in [-0.39, 0.29) is 23.8 Å². The number of anilines is 1. The minimum Gasteiger partial charge on any atom is -0.496 e. The number of aryl methyl sites for hydroxylation is 1. The number of nitrogens with zero attached hydrogens (tertiary/aromatic N) is 3. The normalized spacial score (nSPS) is 10.7. The van der Waals surface area contributed by atoms with Gasteiger partial charge in [0.15, 0.2) is 0 Å². The first kappa shape index (κ1) is 24.5. The zero-order valence-corrected chi connectivity index (χ0v) is 20.3. The third kappa shape index (κ3) is 5.71. The number of methoxy groups -OCH3 is 1. The second-order valence-electron chi connectivity index (χ2n) is 7.76. The standard InChI is InChI=1S/C27H22ClN5O3/c1-17-12-21(28)9-11-23(17)36-16-20-13-18(8-10-24(20)35-2)15-30-33-27-31-25(19-6-4-3-5-7-19)22(14-29)26(34)32-27/h3-13,15H,16H2,1-2H3,(H2,31,32,33,34). The van der Waals surface area contributed by atoms with Crippen molar-refractivity contribution in [3.8, 4) is 28.8 Å². The number of halogens is 1. The Morgan fingerprint density at radius 1 is 1.14 bits per heavy atom. The van der Waals surface area contributed by atoms with Crippen molar-refractivity contribution in [2.45, 2.75) is 13.5 Å². The van der Waals surface area contributed by atoms with Crippen LogP contribution >= 0.6 is 11.6 Å². The Balaban J connectivity index is 1.53. The average molecular weight is 500 g/mol. The van der Waals surface area contributed by atoms with Crippen molar-refractivity contribution in [3.63, 3.8) is 0 Å². The number of rotatable bonds is 8. The summed E-state index contributed by atoms with van der Waals surface area (Å²) in [5.74, 6) is 1.52. The summed E-state index contributed by atoms with van der Waals surface area (Å²) in [6.07, 6.45) is 1.58. The van der Waals surface area contributed by atoms with E-state index >= 15 is 0 Å². The molecular formula is C27H22ClN5O3. The number of H-pyrrole nitrogens is 1. The zero-order chi connectivity index (χ0) is 25.5. The van der Waals surface area contributed by atoms with Crippen molar-refractivity contribution in [3.05, 3.63) is 104 Å². The lowest BCUT2D eigenvalue weighted by atomic mass is 10.1. The van der Waals surface area contributed by atoms with Gasteiger partial charge in [-0.2, -0.15) is 10.4 Å². The van der Waals surface area contributed by atoms with E-state index in [4.69, 9.17) is 21.1 Å². The van der Waals surface area contributed by atoms with E-state index in [9.17, 15) is 10.1 Å². The number of hydrogen-bond donors (Lipinski definition) is 2. The topological polar surface area (TPSA) is 112 Å². The molecule has 0 fully saturated rings. The van der Waals surface area contributed by atoms with E-state index in [0.717, 1.165) is 22.4 Å². The van der Waals surface area contributed by atoms with Crippen LogP contribution in [0.25, 0.3) is 11.3 Å². The summed E-state index contributed by atoms with van der Waals surface area (Å²) >= 11 is 6.02. The van der Waals surface area contributed by atoms with Gasteiger partial charge < -0.3 is 9.47 Å². The molecule has 0 bridgehead atoms. The molecule has 8 nitrogen and oxygen atoms in total. The highest BCUT2D eigenvalue weighted by atomic mass is 35.5. The number of aromatic amines is 1. The number of aromatic nitrogens is 2. The molecule has 9 heteroatoms. The first-order valence-corrected chi connectivity index (χ1v) is 11.3. The second-order valence-corrected chi connectivity index (χ2v) is 8.19. The van der Waals surface area contributed by atoms with Crippen LogP contribution in [0.1, 0.15) is 22.3 Å². The van der Waals surface area contributed by atoms with Crippen LogP contribution in [0.2, 0.25) is 5.02 Å². The van der Waals surface area contributed by atoms with E-state index in [1.54, 1.807) is 31.5 Å². The maximum Gasteiger partial charge on any atom is 0.270 e. The quantitative estimate of drug-likeness (QED) is 0.251. The molecule has 2 N–H and O–H groups in total. The van der Waals surface area contributed by atoms with E-state index in [1.807, 2.05) is 61.5 Å². The van der Waals surface area contributed by atoms with E-state index < -0.39 is 5.56 Å². The third-order valence-corrected chi connectivity index (χ3v) is 5.52. The first-order valence-electron chi connectivity index (χ1n) is 10.9. The van der Waals surface area contributed by atoms with Crippen LogP contribution in [0.3, 0.4) is 0 Å². The van der Waals surface area contributed by atoms with Gasteiger partial charge in [-0.3, -0.25) is 9.78 Å². The Hall–Kier alpha value is -4.61. The molecule has 0 saturated heterocycles. The highest BCUT2D eigenvalue weighted by molar-refractivity contribution is 6.30. The summed E-state index contributed by atoms with van der Waals surface area (Å²) in [5.41, 5.74) is 5.58. The monoisotopic (exact) mass is 499 g/mol. The van der Waals surface area contributed by atoms with Crippen molar-refractivity contribution in [2.75, 3.05) is 12.5 Å². The highest BCUT2D eigenvalue weighted by Gasteiger charge is 2.13. The Labute approximate surface area is 212 Å². The lowest BCUT2D eigenvalue weighted by Crippen LogP contribution is -2.16. The van der Waals surface area contributed by atoms with Crippen molar-refractivity contribution in [1.82, 2.24) is 9.97 Å². The van der Waals surface area contributed by atoms with E-state index in [1.165, 1.54) is 0 Å². The molecule has 0 aliphatic rings. The maximum absolute atomic E-state index is 12.4. The summed E-state index contributed by atoms with van der Waals surface area (Å²) in [7, 11) is 1.60. The zero-order valence-electron chi connectivity index (χ0n) is 19.6. The third-order valence-electron chi connectivity index (χ3n) is 5.29. The maximum atomic E-state index is 12.4. The molecule has 3 aromatic carbocycles. The van der Waals surface area contributed by atoms with Crippen LogP contribution in [0, 0.1) is 18.3 Å². The van der Waals surface area contributed by atoms with Crippen molar-refractivity contribution in [2.24, 2.45) is 5.10 Å². The number of hydrogen-bond acceptors (Lipinski definition) is 7. The molecule has 0 aliphatic carbocycles. The van der Waals surface area contributed by atoms with Crippen molar-refractivity contribution < 1.29 is 9.47 Å². The number of hydrazone groups is 1. The molecule has 1 heterocycles. The molecule has 0 radical (unpaired) electrons. The van der Waals surface area contributed by atoms with Crippen molar-refractivity contribution >= 4 is 23.8 Å². The first-order chi connectivity index (χ1) is 17.5. The van der Waals surface area contributed by atoms with Gasteiger partial charge in [-0.1, -0.05) is 41.9 Å². The predicted molar refractivity (Wildman–Crippen MR) is 140 cm³/mol. The van der Waals surface area contributed by atoms with E-state index in [2.05, 4.69) is 20.5 Å². The van der Waals surface area contributed by atoms with Crippen molar-refractivity contribution in [1.29, 1.82) is 5.26 Å². The number of benzene rings is 3. The fourth-order valence-electron chi connectivity index (χ4n) is 3.52. The fraction of sp³-hybridized carbons (Fsp3) is 0.111. The van der Waals surface area contributed by atoms with E-state index in [0.29, 0.717) is 16.3 Å². The Kier molecular flexibility index (Phi) is 7.63. The van der Waals surface area contributed by atoms with Crippen LogP contribution in [-0.2, 0) is 6.61 Å². The molecule has 0 atom stereocenters. The average Bonchev–Trinajstić information content (AvgIpc) is 2.88. The van der Waals surface area contributed by atoms with Gasteiger partial charge in [0.25, 0.3) is 5.56 Å². The molecule has 180 valence electrons. The molecule has 0 saturated carbocycles. The summed E-state index contributed by atoms with van der Waals surface area (Å²) in [5, 5.41) is 14.2. The minimum absolute atomic E-state index is 0.0635. The van der Waals surface area contributed by atoms with Gasteiger partial charge in [0.2, 0.25) is 5.95 Å². The van der Waals surface area contributed by atoms with Gasteiger partial charge >= 0.3 is 0 Å². The smallest absolute Gasteiger partial charge is 0.270 e. The van der Waals surface area contributed by atoms with Crippen LogP contribution in [0.4, 0.5) is 5.95 Å². The number of nitriles is 1. The minimum atomic E-state index is -0.551. The molecule has 0 unspecified atom stereocenters. The van der Waals surface area contributed by atoms with Gasteiger partial charge in [-0.25, -0.2) is 10.4 Å². The lowest BCUT2D eigenvalue weighted by molar-refractivity contribution is 0.295. The largest absolute Gasteiger partial charge is 0.496 e. The molecule has 0 spiro atoms. The molecule has 36 heavy (non-hydrogen) atoms. The predicted octanol–water partition coefficient (Wildman–Crippen LogP) is 5.30.